The molecule has 1 aliphatic carbocycles. The van der Waals surface area contributed by atoms with E-state index in [1.54, 1.807) is 10.9 Å². The molecule has 1 heterocycles. The van der Waals surface area contributed by atoms with E-state index in [-0.39, 0.29) is 16.9 Å². The van der Waals surface area contributed by atoms with Gasteiger partial charge in [-0.05, 0) is 36.5 Å². The summed E-state index contributed by atoms with van der Waals surface area (Å²) in [5, 5.41) is 14.7. The minimum atomic E-state index is -0.537. The topological polar surface area (TPSA) is 61.0 Å². The average molecular weight is 244 g/mol. The van der Waals surface area contributed by atoms with Crippen molar-refractivity contribution in [2.24, 2.45) is 5.92 Å². The molecule has 0 spiro atoms. The Kier molecular flexibility index (Phi) is 3.14. The molecule has 0 aliphatic heterocycles. The van der Waals surface area contributed by atoms with Crippen LogP contribution in [0.4, 0.5) is 5.82 Å². The monoisotopic (exact) mass is 243 g/mol. The van der Waals surface area contributed by atoms with Crippen molar-refractivity contribution in [3.63, 3.8) is 0 Å². The lowest BCUT2D eigenvalue weighted by Crippen LogP contribution is -2.17. The maximum atomic E-state index is 10.6. The zero-order valence-corrected chi connectivity index (χ0v) is 9.85. The third-order valence-electron chi connectivity index (χ3n) is 3.20. The van der Waals surface area contributed by atoms with Crippen molar-refractivity contribution in [3.8, 4) is 0 Å². The van der Waals surface area contributed by atoms with Crippen LogP contribution in [0.3, 0.4) is 0 Å². The lowest BCUT2D eigenvalue weighted by Gasteiger charge is -2.24. The smallest absolute Gasteiger partial charge is 0.358 e. The van der Waals surface area contributed by atoms with E-state index >= 15 is 0 Å². The lowest BCUT2D eigenvalue weighted by atomic mass is 9.87. The molecule has 0 bridgehead atoms. The molecular weight excluding hydrogens is 230 g/mol. The molecule has 5 nitrogen and oxygen atoms in total. The molecule has 16 heavy (non-hydrogen) atoms. The third-order valence-corrected chi connectivity index (χ3v) is 3.47. The molecule has 1 fully saturated rings. The molecular formula is C10H14ClN3O2. The Morgan fingerprint density at radius 2 is 2.12 bits per heavy atom. The highest BCUT2D eigenvalue weighted by Gasteiger charge is 2.26. The minimum absolute atomic E-state index is 0.128. The molecule has 1 aromatic rings. The highest BCUT2D eigenvalue weighted by Crippen LogP contribution is 2.33. The number of nitrogens with zero attached hydrogens (tertiary/aromatic N) is 3. The summed E-state index contributed by atoms with van der Waals surface area (Å²) in [6, 6.07) is 0.266. The van der Waals surface area contributed by atoms with Crippen LogP contribution in [0.5, 0.6) is 0 Å². The number of nitro groups is 1. The summed E-state index contributed by atoms with van der Waals surface area (Å²) >= 11 is 5.76. The summed E-state index contributed by atoms with van der Waals surface area (Å²) in [6.45, 7) is 2.23. The fraction of sp³-hybridized carbons (Fsp3) is 0.700. The van der Waals surface area contributed by atoms with Crippen molar-refractivity contribution >= 4 is 17.4 Å². The molecule has 0 aromatic carbocycles. The number of hydrogen-bond donors (Lipinski definition) is 0. The zero-order valence-electron chi connectivity index (χ0n) is 9.10. The Labute approximate surface area is 98.5 Å². The molecule has 0 N–H and O–H groups in total. The molecule has 0 saturated heterocycles. The van der Waals surface area contributed by atoms with Gasteiger partial charge in [-0.1, -0.05) is 18.5 Å². The van der Waals surface area contributed by atoms with E-state index in [0.29, 0.717) is 0 Å². The van der Waals surface area contributed by atoms with E-state index in [1.807, 2.05) is 0 Å². The second kappa shape index (κ2) is 4.41. The van der Waals surface area contributed by atoms with Gasteiger partial charge in [-0.3, -0.25) is 0 Å². The van der Waals surface area contributed by atoms with Gasteiger partial charge in [0.2, 0.25) is 0 Å². The van der Waals surface area contributed by atoms with Crippen LogP contribution in [0, 0.1) is 16.0 Å². The Hall–Kier alpha value is -1.10. The van der Waals surface area contributed by atoms with Crippen LogP contribution >= 0.6 is 11.6 Å². The van der Waals surface area contributed by atoms with Gasteiger partial charge in [-0.15, -0.1) is 0 Å². The molecule has 1 saturated carbocycles. The van der Waals surface area contributed by atoms with Crippen LogP contribution in [-0.2, 0) is 0 Å². The van der Waals surface area contributed by atoms with Crippen LogP contribution in [0.2, 0.25) is 5.02 Å². The first-order valence-electron chi connectivity index (χ1n) is 5.47. The number of rotatable bonds is 2. The summed E-state index contributed by atoms with van der Waals surface area (Å²) in [4.78, 5) is 10.1. The molecule has 0 amide bonds. The number of aromatic nitrogens is 2. The Morgan fingerprint density at radius 3 is 2.62 bits per heavy atom. The van der Waals surface area contributed by atoms with E-state index in [4.69, 9.17) is 11.6 Å². The summed E-state index contributed by atoms with van der Waals surface area (Å²) in [5.41, 5.74) is 0. The highest BCUT2D eigenvalue weighted by molar-refractivity contribution is 6.32. The van der Waals surface area contributed by atoms with Crippen LogP contribution in [0.15, 0.2) is 6.20 Å². The zero-order chi connectivity index (χ0) is 11.7. The predicted octanol–water partition coefficient (Wildman–Crippen LogP) is 3.20. The Bertz CT molecular complexity index is 397. The fourth-order valence-electron chi connectivity index (χ4n) is 2.18. The van der Waals surface area contributed by atoms with E-state index < -0.39 is 4.92 Å². The van der Waals surface area contributed by atoms with Crippen molar-refractivity contribution in [3.05, 3.63) is 21.3 Å². The van der Waals surface area contributed by atoms with Gasteiger partial charge in [-0.25, -0.2) is 0 Å². The quantitative estimate of drug-likeness (QED) is 0.592. The van der Waals surface area contributed by atoms with Gasteiger partial charge >= 0.3 is 5.82 Å². The van der Waals surface area contributed by atoms with Crippen molar-refractivity contribution in [2.75, 3.05) is 0 Å². The molecule has 0 atom stereocenters. The first-order chi connectivity index (χ1) is 7.58. The fourth-order valence-corrected chi connectivity index (χ4v) is 2.38. The molecule has 2 rings (SSSR count). The first kappa shape index (κ1) is 11.4. The van der Waals surface area contributed by atoms with Crippen LogP contribution in [0.25, 0.3) is 0 Å². The Morgan fingerprint density at radius 1 is 1.50 bits per heavy atom. The maximum absolute atomic E-state index is 10.6. The standard InChI is InChI=1S/C10H14ClN3O2/c1-7-2-4-8(5-3-7)13-6-9(11)10(12-13)14(15)16/h6-8H,2-5H2,1H3. The molecule has 1 aromatic heterocycles. The molecule has 1 aliphatic rings. The average Bonchev–Trinajstić information content (AvgIpc) is 2.61. The van der Waals surface area contributed by atoms with Crippen LogP contribution in [0.1, 0.15) is 38.6 Å². The van der Waals surface area contributed by atoms with Gasteiger partial charge in [0, 0.05) is 0 Å². The predicted molar refractivity (Wildman–Crippen MR) is 60.6 cm³/mol. The normalized spacial score (nSPS) is 25.6. The second-order valence-corrected chi connectivity index (χ2v) is 4.86. The minimum Gasteiger partial charge on any atom is -0.358 e. The molecule has 0 radical (unpaired) electrons. The number of halogens is 1. The van der Waals surface area contributed by atoms with Gasteiger partial charge in [0.05, 0.1) is 17.3 Å². The summed E-state index contributed by atoms with van der Waals surface area (Å²) in [5.74, 6) is 0.512. The van der Waals surface area contributed by atoms with Gasteiger partial charge in [0.25, 0.3) is 0 Å². The van der Waals surface area contributed by atoms with Crippen molar-refractivity contribution in [2.45, 2.75) is 38.6 Å². The van der Waals surface area contributed by atoms with Gasteiger partial charge in [-0.2, -0.15) is 4.68 Å². The molecule has 6 heteroatoms. The van der Waals surface area contributed by atoms with Crippen molar-refractivity contribution < 1.29 is 4.92 Å². The van der Waals surface area contributed by atoms with E-state index in [0.717, 1.165) is 31.6 Å². The van der Waals surface area contributed by atoms with Gasteiger partial charge in [0.1, 0.15) is 0 Å². The summed E-state index contributed by atoms with van der Waals surface area (Å²) in [6.07, 6.45) is 5.92. The van der Waals surface area contributed by atoms with Gasteiger partial charge < -0.3 is 10.1 Å². The summed E-state index contributed by atoms with van der Waals surface area (Å²) < 4.78 is 1.66. The van der Waals surface area contributed by atoms with Crippen LogP contribution in [-0.4, -0.2) is 14.7 Å². The van der Waals surface area contributed by atoms with Crippen molar-refractivity contribution in [1.29, 1.82) is 0 Å². The first-order valence-corrected chi connectivity index (χ1v) is 5.84. The second-order valence-electron chi connectivity index (χ2n) is 4.45. The van der Waals surface area contributed by atoms with E-state index in [9.17, 15) is 10.1 Å². The molecule has 0 unspecified atom stereocenters. The number of hydrogen-bond acceptors (Lipinski definition) is 3. The maximum Gasteiger partial charge on any atom is 0.408 e. The van der Waals surface area contributed by atoms with E-state index in [2.05, 4.69) is 12.0 Å². The lowest BCUT2D eigenvalue weighted by molar-refractivity contribution is -0.389. The largest absolute Gasteiger partial charge is 0.408 e. The third kappa shape index (κ3) is 2.19. The summed E-state index contributed by atoms with van der Waals surface area (Å²) in [7, 11) is 0. The van der Waals surface area contributed by atoms with Gasteiger partial charge in [0.15, 0.2) is 5.02 Å². The van der Waals surface area contributed by atoms with Crippen molar-refractivity contribution in [1.82, 2.24) is 9.78 Å². The SMILES string of the molecule is CC1CCC(n2cc(Cl)c([N+](=O)[O-])n2)CC1. The van der Waals surface area contributed by atoms with Crippen LogP contribution < -0.4 is 0 Å². The Balaban J connectivity index is 2.15. The highest BCUT2D eigenvalue weighted by atomic mass is 35.5. The molecule has 88 valence electrons. The van der Waals surface area contributed by atoms with E-state index in [1.165, 1.54) is 0 Å².